The number of halogens is 3. The minimum Gasteiger partial charge on any atom is -0.293 e. The van der Waals surface area contributed by atoms with Gasteiger partial charge in [0.2, 0.25) is 0 Å². The molecule has 3 rings (SSSR count). The van der Waals surface area contributed by atoms with E-state index < -0.39 is 5.82 Å². The van der Waals surface area contributed by atoms with E-state index in [-0.39, 0.29) is 16.3 Å². The molecular weight excluding hydrogens is 322 g/mol. The van der Waals surface area contributed by atoms with Gasteiger partial charge in [-0.05, 0) is 40.9 Å². The molecule has 1 aromatic heterocycles. The number of aromatic nitrogens is 2. The maximum atomic E-state index is 13.8. The number of para-hydroxylation sites is 1. The Kier molecular flexibility index (Phi) is 2.83. The molecule has 0 spiro atoms. The van der Waals surface area contributed by atoms with Gasteiger partial charge in [-0.15, -0.1) is 0 Å². The molecule has 0 atom stereocenters. The molecule has 18 heavy (non-hydrogen) atoms. The SMILES string of the molecule is O=c1c(Br)c(C2CC2)[nH]n1-c1c(F)cccc1Cl. The van der Waals surface area contributed by atoms with Gasteiger partial charge in [-0.1, -0.05) is 17.7 Å². The normalized spacial score (nSPS) is 15.1. The molecule has 1 saturated carbocycles. The van der Waals surface area contributed by atoms with Crippen molar-refractivity contribution in [1.29, 1.82) is 0 Å². The van der Waals surface area contributed by atoms with Crippen LogP contribution in [-0.2, 0) is 0 Å². The summed E-state index contributed by atoms with van der Waals surface area (Å²) in [5.41, 5.74) is 0.569. The molecule has 2 aromatic rings. The van der Waals surface area contributed by atoms with E-state index >= 15 is 0 Å². The molecule has 0 radical (unpaired) electrons. The van der Waals surface area contributed by atoms with Gasteiger partial charge >= 0.3 is 0 Å². The van der Waals surface area contributed by atoms with E-state index in [0.717, 1.165) is 23.2 Å². The summed E-state index contributed by atoms with van der Waals surface area (Å²) >= 11 is 9.22. The van der Waals surface area contributed by atoms with Crippen molar-refractivity contribution in [1.82, 2.24) is 9.78 Å². The van der Waals surface area contributed by atoms with Gasteiger partial charge < -0.3 is 0 Å². The van der Waals surface area contributed by atoms with Crippen LogP contribution in [0.5, 0.6) is 0 Å². The Morgan fingerprint density at radius 3 is 2.78 bits per heavy atom. The Labute approximate surface area is 116 Å². The van der Waals surface area contributed by atoms with E-state index in [9.17, 15) is 9.18 Å². The summed E-state index contributed by atoms with van der Waals surface area (Å²) in [6.45, 7) is 0. The molecule has 0 bridgehead atoms. The maximum Gasteiger partial charge on any atom is 0.285 e. The summed E-state index contributed by atoms with van der Waals surface area (Å²) in [4.78, 5) is 12.1. The first-order chi connectivity index (χ1) is 8.59. The van der Waals surface area contributed by atoms with Crippen LogP contribution in [0.2, 0.25) is 5.02 Å². The quantitative estimate of drug-likeness (QED) is 0.897. The lowest BCUT2D eigenvalue weighted by molar-refractivity contribution is 0.607. The summed E-state index contributed by atoms with van der Waals surface area (Å²) < 4.78 is 15.4. The molecule has 1 aromatic carbocycles. The van der Waals surface area contributed by atoms with Gasteiger partial charge in [0.15, 0.2) is 0 Å². The van der Waals surface area contributed by atoms with Gasteiger partial charge in [0.25, 0.3) is 5.56 Å². The molecule has 0 unspecified atom stereocenters. The summed E-state index contributed by atoms with van der Waals surface area (Å²) in [5, 5.41) is 3.14. The van der Waals surface area contributed by atoms with Crippen LogP contribution in [0, 0.1) is 5.82 Å². The number of nitrogens with zero attached hydrogens (tertiary/aromatic N) is 1. The lowest BCUT2D eigenvalue weighted by Crippen LogP contribution is -2.16. The van der Waals surface area contributed by atoms with E-state index in [2.05, 4.69) is 21.0 Å². The Hall–Kier alpha value is -1.07. The topological polar surface area (TPSA) is 37.8 Å². The second kappa shape index (κ2) is 4.24. The fourth-order valence-corrected chi connectivity index (χ4v) is 2.77. The van der Waals surface area contributed by atoms with Gasteiger partial charge in [-0.25, -0.2) is 9.07 Å². The van der Waals surface area contributed by atoms with Crippen molar-refractivity contribution < 1.29 is 4.39 Å². The minimum atomic E-state index is -0.527. The highest BCUT2D eigenvalue weighted by atomic mass is 79.9. The van der Waals surface area contributed by atoms with E-state index in [1.165, 1.54) is 12.1 Å². The van der Waals surface area contributed by atoms with Crippen LogP contribution in [0.25, 0.3) is 5.69 Å². The molecule has 1 N–H and O–H groups in total. The molecular formula is C12H9BrClFN2O. The number of hydrogen-bond donors (Lipinski definition) is 1. The van der Waals surface area contributed by atoms with Crippen molar-refractivity contribution in [3.63, 3.8) is 0 Å². The van der Waals surface area contributed by atoms with Crippen molar-refractivity contribution in [3.8, 4) is 5.69 Å². The third kappa shape index (κ3) is 1.82. The van der Waals surface area contributed by atoms with Crippen molar-refractivity contribution >= 4 is 27.5 Å². The fraction of sp³-hybridized carbons (Fsp3) is 0.250. The smallest absolute Gasteiger partial charge is 0.285 e. The van der Waals surface area contributed by atoms with E-state index in [4.69, 9.17) is 11.6 Å². The Balaban J connectivity index is 2.23. The highest BCUT2D eigenvalue weighted by Gasteiger charge is 2.30. The second-order valence-corrected chi connectivity index (χ2v) is 5.52. The molecule has 0 saturated heterocycles. The first kappa shape index (κ1) is 12.0. The molecule has 1 heterocycles. The zero-order chi connectivity index (χ0) is 12.9. The summed E-state index contributed by atoms with van der Waals surface area (Å²) in [6.07, 6.45) is 2.09. The molecule has 0 aliphatic heterocycles. The number of H-pyrrole nitrogens is 1. The predicted octanol–water partition coefficient (Wildman–Crippen LogP) is 3.60. The van der Waals surface area contributed by atoms with Gasteiger partial charge in [0.1, 0.15) is 16.0 Å². The molecule has 1 aliphatic rings. The van der Waals surface area contributed by atoms with E-state index in [1.54, 1.807) is 6.07 Å². The van der Waals surface area contributed by atoms with Crippen LogP contribution in [0.1, 0.15) is 24.5 Å². The summed E-state index contributed by atoms with van der Waals surface area (Å²) in [6, 6.07) is 4.34. The number of aromatic amines is 1. The molecule has 1 aliphatic carbocycles. The number of hydrogen-bond acceptors (Lipinski definition) is 1. The largest absolute Gasteiger partial charge is 0.293 e. The number of benzene rings is 1. The minimum absolute atomic E-state index is 0.0665. The first-order valence-corrected chi connectivity index (χ1v) is 6.71. The first-order valence-electron chi connectivity index (χ1n) is 5.54. The summed E-state index contributed by atoms with van der Waals surface area (Å²) in [7, 11) is 0. The maximum absolute atomic E-state index is 13.8. The average Bonchev–Trinajstić information content (AvgIpc) is 3.11. The zero-order valence-corrected chi connectivity index (χ0v) is 11.6. The van der Waals surface area contributed by atoms with Crippen LogP contribution < -0.4 is 5.56 Å². The lowest BCUT2D eigenvalue weighted by Gasteiger charge is -2.05. The van der Waals surface area contributed by atoms with Gasteiger partial charge in [-0.2, -0.15) is 0 Å². The van der Waals surface area contributed by atoms with Gasteiger partial charge in [0.05, 0.1) is 10.7 Å². The molecule has 6 heteroatoms. The standard InChI is InChI=1S/C12H9BrClFN2O/c13-9-10(6-4-5-6)16-17(12(9)18)11-7(14)2-1-3-8(11)15/h1-3,6,16H,4-5H2. The highest BCUT2D eigenvalue weighted by Crippen LogP contribution is 2.41. The Morgan fingerprint density at radius 1 is 1.44 bits per heavy atom. The van der Waals surface area contributed by atoms with Crippen molar-refractivity contribution in [2.45, 2.75) is 18.8 Å². The molecule has 1 fully saturated rings. The Bertz CT molecular complexity index is 655. The monoisotopic (exact) mass is 330 g/mol. The van der Waals surface area contributed by atoms with E-state index in [0.29, 0.717) is 10.4 Å². The second-order valence-electron chi connectivity index (χ2n) is 4.32. The van der Waals surface area contributed by atoms with Crippen LogP contribution >= 0.6 is 27.5 Å². The van der Waals surface area contributed by atoms with Gasteiger partial charge in [-0.3, -0.25) is 9.89 Å². The highest BCUT2D eigenvalue weighted by molar-refractivity contribution is 9.10. The molecule has 94 valence electrons. The zero-order valence-electron chi connectivity index (χ0n) is 9.21. The average molecular weight is 332 g/mol. The molecule has 3 nitrogen and oxygen atoms in total. The van der Waals surface area contributed by atoms with Crippen molar-refractivity contribution in [2.75, 3.05) is 0 Å². The van der Waals surface area contributed by atoms with Crippen molar-refractivity contribution in [3.05, 3.63) is 49.6 Å². The Morgan fingerprint density at radius 2 is 2.17 bits per heavy atom. The predicted molar refractivity (Wildman–Crippen MR) is 71.0 cm³/mol. The van der Waals surface area contributed by atoms with Crippen LogP contribution in [0.15, 0.2) is 27.5 Å². The van der Waals surface area contributed by atoms with Crippen LogP contribution in [0.4, 0.5) is 4.39 Å². The van der Waals surface area contributed by atoms with Crippen LogP contribution in [0.3, 0.4) is 0 Å². The van der Waals surface area contributed by atoms with Crippen LogP contribution in [-0.4, -0.2) is 9.78 Å². The number of nitrogens with one attached hydrogen (secondary N) is 1. The third-order valence-corrected chi connectivity index (χ3v) is 4.08. The molecule has 0 amide bonds. The third-order valence-electron chi connectivity index (χ3n) is 3.01. The fourth-order valence-electron chi connectivity index (χ4n) is 1.94. The van der Waals surface area contributed by atoms with Gasteiger partial charge in [0, 0.05) is 5.92 Å². The van der Waals surface area contributed by atoms with Crippen molar-refractivity contribution in [2.24, 2.45) is 0 Å². The van der Waals surface area contributed by atoms with E-state index in [1.807, 2.05) is 0 Å². The summed E-state index contributed by atoms with van der Waals surface area (Å²) in [5.74, 6) is -0.167. The lowest BCUT2D eigenvalue weighted by atomic mass is 10.3. The number of rotatable bonds is 2.